The second-order valence-electron chi connectivity index (χ2n) is 4.12. The lowest BCUT2D eigenvalue weighted by atomic mass is 10.0. The van der Waals surface area contributed by atoms with Gasteiger partial charge in [-0.15, -0.1) is 0 Å². The molecular weight excluding hydrogens is 236 g/mol. The molecule has 0 radical (unpaired) electrons. The third-order valence-corrected chi connectivity index (χ3v) is 3.09. The van der Waals surface area contributed by atoms with Crippen LogP contribution in [0.5, 0.6) is 0 Å². The topological polar surface area (TPSA) is 56.7 Å². The molecule has 0 aliphatic carbocycles. The van der Waals surface area contributed by atoms with E-state index in [0.717, 1.165) is 16.8 Å². The molecule has 5 heteroatoms. The van der Waals surface area contributed by atoms with Crippen LogP contribution in [0.2, 0.25) is 5.02 Å². The molecule has 4 nitrogen and oxygen atoms in total. The molecular formula is C12H15ClN4. The summed E-state index contributed by atoms with van der Waals surface area (Å²) in [4.78, 5) is 3.96. The van der Waals surface area contributed by atoms with E-state index in [2.05, 4.69) is 10.1 Å². The predicted molar refractivity (Wildman–Crippen MR) is 67.8 cm³/mol. The number of hydrogen-bond donors (Lipinski definition) is 1. The second kappa shape index (κ2) is 4.85. The summed E-state index contributed by atoms with van der Waals surface area (Å²) in [6.45, 7) is 1.96. The van der Waals surface area contributed by atoms with Crippen molar-refractivity contribution in [3.05, 3.63) is 46.5 Å². The van der Waals surface area contributed by atoms with Gasteiger partial charge in [0.1, 0.15) is 0 Å². The highest BCUT2D eigenvalue weighted by molar-refractivity contribution is 6.31. The molecule has 0 aromatic carbocycles. The number of nitrogens with two attached hydrogens (primary N) is 1. The molecule has 2 aromatic heterocycles. The SMILES string of the molecule is Cc1nn(C)cc1C(N)Cc1ccncc1Cl. The fourth-order valence-electron chi connectivity index (χ4n) is 1.90. The standard InChI is InChI=1S/C12H15ClN4/c1-8-10(7-17(2)16-8)12(14)5-9-3-4-15-6-11(9)13/h3-4,6-7,12H,5,14H2,1-2H3. The zero-order chi connectivity index (χ0) is 12.4. The zero-order valence-electron chi connectivity index (χ0n) is 9.89. The minimum Gasteiger partial charge on any atom is -0.324 e. The predicted octanol–water partition coefficient (Wildman–Crippen LogP) is 2.02. The first-order valence-corrected chi connectivity index (χ1v) is 5.80. The van der Waals surface area contributed by atoms with Crippen LogP contribution >= 0.6 is 11.6 Å². The van der Waals surface area contributed by atoms with Crippen LogP contribution in [0.3, 0.4) is 0 Å². The van der Waals surface area contributed by atoms with Crippen molar-refractivity contribution in [2.24, 2.45) is 12.8 Å². The van der Waals surface area contributed by atoms with Crippen molar-refractivity contribution in [3.8, 4) is 0 Å². The Labute approximate surface area is 105 Å². The van der Waals surface area contributed by atoms with E-state index in [1.54, 1.807) is 17.1 Å². The first-order valence-electron chi connectivity index (χ1n) is 5.42. The minimum absolute atomic E-state index is 0.0939. The molecule has 0 saturated heterocycles. The monoisotopic (exact) mass is 250 g/mol. The molecule has 17 heavy (non-hydrogen) atoms. The molecule has 1 unspecified atom stereocenters. The molecule has 0 spiro atoms. The average Bonchev–Trinajstić information content (AvgIpc) is 2.61. The maximum absolute atomic E-state index is 6.18. The molecule has 2 aromatic rings. The third kappa shape index (κ3) is 2.65. The molecule has 2 heterocycles. The molecule has 0 saturated carbocycles. The number of aryl methyl sites for hydroxylation is 2. The van der Waals surface area contributed by atoms with E-state index in [4.69, 9.17) is 17.3 Å². The van der Waals surface area contributed by atoms with Gasteiger partial charge in [-0.3, -0.25) is 9.67 Å². The Kier molecular flexibility index (Phi) is 3.45. The number of nitrogens with zero attached hydrogens (tertiary/aromatic N) is 3. The fourth-order valence-corrected chi connectivity index (χ4v) is 2.09. The Balaban J connectivity index is 2.20. The minimum atomic E-state index is -0.0939. The Morgan fingerprint density at radius 2 is 2.29 bits per heavy atom. The summed E-state index contributed by atoms with van der Waals surface area (Å²) in [5, 5.41) is 4.94. The highest BCUT2D eigenvalue weighted by atomic mass is 35.5. The van der Waals surface area contributed by atoms with Crippen molar-refractivity contribution in [2.45, 2.75) is 19.4 Å². The maximum Gasteiger partial charge on any atom is 0.0641 e. The van der Waals surface area contributed by atoms with Crippen molar-refractivity contribution < 1.29 is 0 Å². The fraction of sp³-hybridized carbons (Fsp3) is 0.333. The van der Waals surface area contributed by atoms with Crippen LogP contribution in [0.1, 0.15) is 22.9 Å². The van der Waals surface area contributed by atoms with Crippen molar-refractivity contribution in [1.82, 2.24) is 14.8 Å². The quantitative estimate of drug-likeness (QED) is 0.907. The zero-order valence-corrected chi connectivity index (χ0v) is 10.6. The smallest absolute Gasteiger partial charge is 0.0641 e. The summed E-state index contributed by atoms with van der Waals surface area (Å²) in [5.41, 5.74) is 9.21. The van der Waals surface area contributed by atoms with Gasteiger partial charge in [0.2, 0.25) is 0 Å². The lowest BCUT2D eigenvalue weighted by Crippen LogP contribution is -2.14. The summed E-state index contributed by atoms with van der Waals surface area (Å²) >= 11 is 6.06. The van der Waals surface area contributed by atoms with Crippen LogP contribution in [-0.2, 0) is 13.5 Å². The van der Waals surface area contributed by atoms with Crippen molar-refractivity contribution >= 4 is 11.6 Å². The van der Waals surface area contributed by atoms with Crippen molar-refractivity contribution in [1.29, 1.82) is 0 Å². The molecule has 0 aliphatic rings. The lowest BCUT2D eigenvalue weighted by Gasteiger charge is -2.11. The number of aromatic nitrogens is 3. The lowest BCUT2D eigenvalue weighted by molar-refractivity contribution is 0.714. The molecule has 90 valence electrons. The Morgan fingerprint density at radius 3 is 2.88 bits per heavy atom. The second-order valence-corrected chi connectivity index (χ2v) is 4.53. The number of halogens is 1. The van der Waals surface area contributed by atoms with Crippen LogP contribution in [0, 0.1) is 6.92 Å². The first kappa shape index (κ1) is 12.1. The molecule has 0 aliphatic heterocycles. The molecule has 2 rings (SSSR count). The largest absolute Gasteiger partial charge is 0.324 e. The summed E-state index contributed by atoms with van der Waals surface area (Å²) < 4.78 is 1.78. The van der Waals surface area contributed by atoms with Gasteiger partial charge in [0.05, 0.1) is 10.7 Å². The van der Waals surface area contributed by atoms with E-state index in [9.17, 15) is 0 Å². The molecule has 2 N–H and O–H groups in total. The van der Waals surface area contributed by atoms with Gasteiger partial charge < -0.3 is 5.73 Å². The molecule has 1 atom stereocenters. The van der Waals surface area contributed by atoms with Gasteiger partial charge in [-0.25, -0.2) is 0 Å². The van der Waals surface area contributed by atoms with Gasteiger partial charge in [-0.2, -0.15) is 5.10 Å². The van der Waals surface area contributed by atoms with E-state index in [1.165, 1.54) is 0 Å². The van der Waals surface area contributed by atoms with Gasteiger partial charge in [-0.05, 0) is 25.0 Å². The van der Waals surface area contributed by atoms with Crippen LogP contribution in [0.4, 0.5) is 0 Å². The van der Waals surface area contributed by atoms with Gasteiger partial charge in [0.15, 0.2) is 0 Å². The number of pyridine rings is 1. The first-order chi connectivity index (χ1) is 8.08. The Bertz CT molecular complexity index is 521. The van der Waals surface area contributed by atoms with Gasteiger partial charge in [0.25, 0.3) is 0 Å². The number of rotatable bonds is 3. The Hall–Kier alpha value is -1.39. The maximum atomic E-state index is 6.18. The summed E-state index contributed by atoms with van der Waals surface area (Å²) in [7, 11) is 1.89. The van der Waals surface area contributed by atoms with Crippen molar-refractivity contribution in [3.63, 3.8) is 0 Å². The van der Waals surface area contributed by atoms with Crippen LogP contribution in [0.25, 0.3) is 0 Å². The summed E-state index contributed by atoms with van der Waals surface area (Å²) in [5.74, 6) is 0. The van der Waals surface area contributed by atoms with Gasteiger partial charge in [-0.1, -0.05) is 11.6 Å². The highest BCUT2D eigenvalue weighted by Gasteiger charge is 2.14. The van der Waals surface area contributed by atoms with E-state index in [0.29, 0.717) is 11.4 Å². The third-order valence-electron chi connectivity index (χ3n) is 2.75. The van der Waals surface area contributed by atoms with Gasteiger partial charge in [0, 0.05) is 37.2 Å². The van der Waals surface area contributed by atoms with Crippen LogP contribution in [0.15, 0.2) is 24.7 Å². The van der Waals surface area contributed by atoms with E-state index in [1.807, 2.05) is 26.2 Å². The number of hydrogen-bond acceptors (Lipinski definition) is 3. The van der Waals surface area contributed by atoms with Crippen molar-refractivity contribution in [2.75, 3.05) is 0 Å². The van der Waals surface area contributed by atoms with E-state index in [-0.39, 0.29) is 6.04 Å². The summed E-state index contributed by atoms with van der Waals surface area (Å²) in [6, 6.07) is 1.80. The Morgan fingerprint density at radius 1 is 1.53 bits per heavy atom. The average molecular weight is 251 g/mol. The van der Waals surface area contributed by atoms with Crippen LogP contribution in [-0.4, -0.2) is 14.8 Å². The van der Waals surface area contributed by atoms with Gasteiger partial charge >= 0.3 is 0 Å². The summed E-state index contributed by atoms with van der Waals surface area (Å²) in [6.07, 6.45) is 6.01. The van der Waals surface area contributed by atoms with E-state index < -0.39 is 0 Å². The molecule has 0 fully saturated rings. The van der Waals surface area contributed by atoms with Crippen LogP contribution < -0.4 is 5.73 Å². The normalized spacial score (nSPS) is 12.7. The highest BCUT2D eigenvalue weighted by Crippen LogP contribution is 2.22. The van der Waals surface area contributed by atoms with E-state index >= 15 is 0 Å². The molecule has 0 bridgehead atoms. The molecule has 0 amide bonds.